The van der Waals surface area contributed by atoms with Crippen molar-refractivity contribution in [2.45, 2.75) is 6.04 Å². The molecule has 5 heteroatoms. The van der Waals surface area contributed by atoms with Crippen LogP contribution in [0.1, 0.15) is 0 Å². The van der Waals surface area contributed by atoms with E-state index < -0.39 is 12.0 Å². The quantitative estimate of drug-likeness (QED) is 0.720. The second kappa shape index (κ2) is 5.97. The lowest BCUT2D eigenvalue weighted by atomic mass is 10.2. The summed E-state index contributed by atoms with van der Waals surface area (Å²) in [6.45, 7) is -0.329. The first-order chi connectivity index (χ1) is 7.71. The minimum atomic E-state index is -0.767. The van der Waals surface area contributed by atoms with Gasteiger partial charge in [-0.2, -0.15) is 0 Å². The van der Waals surface area contributed by atoms with Gasteiger partial charge >= 0.3 is 5.97 Å². The maximum absolute atomic E-state index is 11.2. The molecule has 1 aromatic carbocycles. The zero-order chi connectivity index (χ0) is 12.0. The van der Waals surface area contributed by atoms with Crippen LogP contribution in [0.25, 0.3) is 0 Å². The van der Waals surface area contributed by atoms with Gasteiger partial charge in [0.25, 0.3) is 0 Å². The number of aliphatic hydroxyl groups excluding tert-OH is 1. The van der Waals surface area contributed by atoms with Gasteiger partial charge in [-0.3, -0.25) is 0 Å². The van der Waals surface area contributed by atoms with Gasteiger partial charge in [-0.25, -0.2) is 4.79 Å². The number of methoxy groups -OCH3 is 2. The lowest BCUT2D eigenvalue weighted by molar-refractivity contribution is -0.142. The zero-order valence-electron chi connectivity index (χ0n) is 9.27. The van der Waals surface area contributed by atoms with Crippen molar-refractivity contribution in [2.75, 3.05) is 26.1 Å². The van der Waals surface area contributed by atoms with Crippen LogP contribution in [0.5, 0.6) is 5.75 Å². The highest BCUT2D eigenvalue weighted by Gasteiger charge is 2.17. The van der Waals surface area contributed by atoms with E-state index in [1.165, 1.54) is 7.11 Å². The Morgan fingerprint density at radius 1 is 1.50 bits per heavy atom. The number of aliphatic hydroxyl groups is 1. The third-order valence-electron chi connectivity index (χ3n) is 2.08. The van der Waals surface area contributed by atoms with Crippen molar-refractivity contribution in [3.8, 4) is 5.75 Å². The highest BCUT2D eigenvalue weighted by Crippen LogP contribution is 2.17. The fraction of sp³-hybridized carbons (Fsp3) is 0.364. The van der Waals surface area contributed by atoms with Crippen LogP contribution < -0.4 is 10.1 Å². The molecular weight excluding hydrogens is 210 g/mol. The molecule has 0 aliphatic heterocycles. The number of rotatable bonds is 5. The molecular formula is C11H15NO4. The van der Waals surface area contributed by atoms with E-state index in [0.29, 0.717) is 11.4 Å². The Morgan fingerprint density at radius 2 is 2.25 bits per heavy atom. The molecule has 2 N–H and O–H groups in total. The average Bonchev–Trinajstić information content (AvgIpc) is 2.35. The van der Waals surface area contributed by atoms with E-state index in [9.17, 15) is 4.79 Å². The molecule has 16 heavy (non-hydrogen) atoms. The van der Waals surface area contributed by atoms with Crippen LogP contribution in [0, 0.1) is 0 Å². The summed E-state index contributed by atoms with van der Waals surface area (Å²) in [5, 5.41) is 11.9. The summed E-state index contributed by atoms with van der Waals surface area (Å²) in [7, 11) is 2.83. The number of benzene rings is 1. The first-order valence-electron chi connectivity index (χ1n) is 4.80. The summed E-state index contributed by atoms with van der Waals surface area (Å²) in [4.78, 5) is 11.2. The number of anilines is 1. The number of ether oxygens (including phenoxy) is 2. The van der Waals surface area contributed by atoms with Gasteiger partial charge in [0.1, 0.15) is 11.8 Å². The first-order valence-corrected chi connectivity index (χ1v) is 4.80. The molecule has 0 aromatic heterocycles. The third kappa shape index (κ3) is 3.13. The molecule has 1 unspecified atom stereocenters. The van der Waals surface area contributed by atoms with Gasteiger partial charge in [0.2, 0.25) is 0 Å². The molecule has 0 spiro atoms. The monoisotopic (exact) mass is 225 g/mol. The largest absolute Gasteiger partial charge is 0.497 e. The molecule has 5 nitrogen and oxygen atoms in total. The summed E-state index contributed by atoms with van der Waals surface area (Å²) in [5.41, 5.74) is 0.684. The predicted octanol–water partition coefficient (Wildman–Crippen LogP) is 0.641. The molecule has 0 saturated heterocycles. The van der Waals surface area contributed by atoms with Crippen LogP contribution in [0.3, 0.4) is 0 Å². The number of carbonyl (C=O) groups is 1. The standard InChI is InChI=1S/C11H15NO4/c1-15-9-5-3-4-8(6-9)12-10(7-13)11(14)16-2/h3-6,10,12-13H,7H2,1-2H3. The topological polar surface area (TPSA) is 67.8 Å². The van der Waals surface area contributed by atoms with Crippen molar-refractivity contribution in [1.29, 1.82) is 0 Å². The fourth-order valence-electron chi connectivity index (χ4n) is 1.24. The Balaban J connectivity index is 2.73. The van der Waals surface area contributed by atoms with Crippen LogP contribution >= 0.6 is 0 Å². The van der Waals surface area contributed by atoms with Crippen molar-refractivity contribution in [1.82, 2.24) is 0 Å². The van der Waals surface area contributed by atoms with Crippen LogP contribution in [0.4, 0.5) is 5.69 Å². The van der Waals surface area contributed by atoms with Crippen molar-refractivity contribution in [2.24, 2.45) is 0 Å². The van der Waals surface area contributed by atoms with E-state index in [2.05, 4.69) is 10.1 Å². The smallest absolute Gasteiger partial charge is 0.330 e. The maximum Gasteiger partial charge on any atom is 0.330 e. The van der Waals surface area contributed by atoms with E-state index in [-0.39, 0.29) is 6.61 Å². The highest BCUT2D eigenvalue weighted by atomic mass is 16.5. The van der Waals surface area contributed by atoms with Crippen LogP contribution in [0.15, 0.2) is 24.3 Å². The Bertz CT molecular complexity index is 354. The molecule has 0 amide bonds. The lowest BCUT2D eigenvalue weighted by Gasteiger charge is -2.15. The molecule has 0 heterocycles. The second-order valence-electron chi connectivity index (χ2n) is 3.13. The van der Waals surface area contributed by atoms with Gasteiger partial charge < -0.3 is 19.9 Å². The van der Waals surface area contributed by atoms with Crippen LogP contribution in [0.2, 0.25) is 0 Å². The van der Waals surface area contributed by atoms with Gasteiger partial charge in [-0.15, -0.1) is 0 Å². The SMILES string of the molecule is COC(=O)C(CO)Nc1cccc(OC)c1. The number of nitrogens with one attached hydrogen (secondary N) is 1. The molecule has 0 bridgehead atoms. The van der Waals surface area contributed by atoms with Gasteiger partial charge in [0.15, 0.2) is 0 Å². The molecule has 0 fully saturated rings. The van der Waals surface area contributed by atoms with E-state index in [0.717, 1.165) is 0 Å². The summed E-state index contributed by atoms with van der Waals surface area (Å²) < 4.78 is 9.58. The second-order valence-corrected chi connectivity index (χ2v) is 3.13. The number of esters is 1. The van der Waals surface area contributed by atoms with Crippen molar-refractivity contribution in [3.05, 3.63) is 24.3 Å². The van der Waals surface area contributed by atoms with Gasteiger partial charge in [0.05, 0.1) is 20.8 Å². The molecule has 0 aliphatic carbocycles. The molecule has 0 aliphatic rings. The Morgan fingerprint density at radius 3 is 2.81 bits per heavy atom. The van der Waals surface area contributed by atoms with E-state index >= 15 is 0 Å². The number of carbonyl (C=O) groups excluding carboxylic acids is 1. The van der Waals surface area contributed by atoms with Gasteiger partial charge in [0, 0.05) is 11.8 Å². The summed E-state index contributed by atoms with van der Waals surface area (Å²) in [6.07, 6.45) is 0. The maximum atomic E-state index is 11.2. The third-order valence-corrected chi connectivity index (χ3v) is 2.08. The Labute approximate surface area is 94.0 Å². The van der Waals surface area contributed by atoms with Crippen LogP contribution in [-0.4, -0.2) is 37.9 Å². The van der Waals surface area contributed by atoms with E-state index in [4.69, 9.17) is 9.84 Å². The predicted molar refractivity (Wildman–Crippen MR) is 59.5 cm³/mol. The minimum absolute atomic E-state index is 0.329. The molecule has 1 rings (SSSR count). The van der Waals surface area contributed by atoms with Gasteiger partial charge in [-0.1, -0.05) is 6.07 Å². The molecule has 1 aromatic rings. The number of hydrogen-bond donors (Lipinski definition) is 2. The normalized spacial score (nSPS) is 11.7. The summed E-state index contributed by atoms with van der Waals surface area (Å²) in [5.74, 6) is 0.164. The molecule has 1 atom stereocenters. The molecule has 88 valence electrons. The van der Waals surface area contributed by atoms with Gasteiger partial charge in [-0.05, 0) is 12.1 Å². The van der Waals surface area contributed by atoms with E-state index in [1.807, 2.05) is 0 Å². The Hall–Kier alpha value is -1.75. The summed E-state index contributed by atoms with van der Waals surface area (Å²) in [6, 6.07) is 6.31. The minimum Gasteiger partial charge on any atom is -0.497 e. The van der Waals surface area contributed by atoms with Crippen molar-refractivity contribution >= 4 is 11.7 Å². The molecule has 0 radical (unpaired) electrons. The molecule has 0 saturated carbocycles. The zero-order valence-corrected chi connectivity index (χ0v) is 9.27. The van der Waals surface area contributed by atoms with E-state index in [1.54, 1.807) is 31.4 Å². The lowest BCUT2D eigenvalue weighted by Crippen LogP contribution is -2.33. The van der Waals surface area contributed by atoms with Crippen molar-refractivity contribution in [3.63, 3.8) is 0 Å². The first kappa shape index (κ1) is 12.3. The van der Waals surface area contributed by atoms with Crippen molar-refractivity contribution < 1.29 is 19.4 Å². The Kier molecular flexibility index (Phi) is 4.60. The van der Waals surface area contributed by atoms with Crippen LogP contribution in [-0.2, 0) is 9.53 Å². The number of hydrogen-bond acceptors (Lipinski definition) is 5. The fourth-order valence-corrected chi connectivity index (χ4v) is 1.24. The average molecular weight is 225 g/mol. The highest BCUT2D eigenvalue weighted by molar-refractivity contribution is 5.79. The summed E-state index contributed by atoms with van der Waals surface area (Å²) >= 11 is 0.